The number of hydrazone groups is 1. The first-order chi connectivity index (χ1) is 18.0. The van der Waals surface area contributed by atoms with Gasteiger partial charge in [0.15, 0.2) is 0 Å². The Balaban J connectivity index is 1.50. The number of carbonyl (C=O) groups is 1. The highest BCUT2D eigenvalue weighted by molar-refractivity contribution is 6.42. The van der Waals surface area contributed by atoms with E-state index >= 15 is 0 Å². The maximum Gasteiger partial charge on any atom is 0.339 e. The van der Waals surface area contributed by atoms with Crippen LogP contribution in [0, 0.1) is 0 Å². The number of urea groups is 1. The first-order valence-electron chi connectivity index (χ1n) is 12.7. The molecule has 9 heteroatoms. The third-order valence-corrected chi connectivity index (χ3v) is 7.26. The van der Waals surface area contributed by atoms with E-state index < -0.39 is 6.03 Å². The Labute approximate surface area is 228 Å². The van der Waals surface area contributed by atoms with Crippen molar-refractivity contribution >= 4 is 52.9 Å². The summed E-state index contributed by atoms with van der Waals surface area (Å²) in [5.41, 5.74) is 9.06. The Morgan fingerprint density at radius 1 is 1.05 bits per heavy atom. The second-order valence-electron chi connectivity index (χ2n) is 8.86. The molecule has 2 amide bonds. The summed E-state index contributed by atoms with van der Waals surface area (Å²) in [6, 6.07) is 13.2. The molecule has 0 spiro atoms. The van der Waals surface area contributed by atoms with Crippen molar-refractivity contribution in [2.75, 3.05) is 49.6 Å². The molecule has 0 atom stereocenters. The van der Waals surface area contributed by atoms with Crippen molar-refractivity contribution in [3.8, 4) is 0 Å². The van der Waals surface area contributed by atoms with Gasteiger partial charge in [-0.15, -0.1) is 0 Å². The van der Waals surface area contributed by atoms with E-state index in [0.717, 1.165) is 44.6 Å². The van der Waals surface area contributed by atoms with Crippen LogP contribution in [0.4, 0.5) is 16.2 Å². The molecule has 0 aromatic heterocycles. The van der Waals surface area contributed by atoms with E-state index in [1.165, 1.54) is 22.5 Å². The Morgan fingerprint density at radius 2 is 1.78 bits per heavy atom. The fourth-order valence-corrected chi connectivity index (χ4v) is 4.94. The van der Waals surface area contributed by atoms with Gasteiger partial charge in [0.2, 0.25) is 0 Å². The monoisotopic (exact) mass is 541 g/mol. The largest absolute Gasteiger partial charge is 0.378 e. The number of ether oxygens (including phenoxy) is 1. The lowest BCUT2D eigenvalue weighted by atomic mass is 10.1. The zero-order chi connectivity index (χ0) is 26.2. The van der Waals surface area contributed by atoms with Crippen molar-refractivity contribution in [2.45, 2.75) is 26.7 Å². The van der Waals surface area contributed by atoms with Gasteiger partial charge < -0.3 is 19.9 Å². The van der Waals surface area contributed by atoms with Gasteiger partial charge in [0.1, 0.15) is 0 Å². The lowest BCUT2D eigenvalue weighted by Crippen LogP contribution is -2.36. The molecule has 1 aliphatic heterocycles. The van der Waals surface area contributed by atoms with Crippen molar-refractivity contribution in [3.05, 3.63) is 74.9 Å². The highest BCUT2D eigenvalue weighted by atomic mass is 35.5. The summed E-state index contributed by atoms with van der Waals surface area (Å²) in [6.07, 6.45) is 5.79. The molecule has 1 heterocycles. The van der Waals surface area contributed by atoms with Gasteiger partial charge in [-0.3, -0.25) is 0 Å². The van der Waals surface area contributed by atoms with E-state index in [4.69, 9.17) is 27.9 Å². The van der Waals surface area contributed by atoms with Gasteiger partial charge >= 0.3 is 6.03 Å². The summed E-state index contributed by atoms with van der Waals surface area (Å²) < 4.78 is 5.58. The molecule has 2 aliphatic rings. The van der Waals surface area contributed by atoms with Crippen LogP contribution in [0.1, 0.15) is 32.3 Å². The number of hydrogen-bond acceptors (Lipinski definition) is 5. The second-order valence-corrected chi connectivity index (χ2v) is 9.67. The van der Waals surface area contributed by atoms with Gasteiger partial charge in [-0.05, 0) is 79.8 Å². The van der Waals surface area contributed by atoms with E-state index in [9.17, 15) is 4.79 Å². The topological polar surface area (TPSA) is 69.2 Å². The van der Waals surface area contributed by atoms with Gasteiger partial charge in [0, 0.05) is 43.3 Å². The van der Waals surface area contributed by atoms with Crippen molar-refractivity contribution in [2.24, 2.45) is 5.10 Å². The van der Waals surface area contributed by atoms with E-state index in [1.54, 1.807) is 24.4 Å². The number of benzene rings is 2. The summed E-state index contributed by atoms with van der Waals surface area (Å²) in [7, 11) is 0. The Bertz CT molecular complexity index is 1180. The predicted octanol–water partition coefficient (Wildman–Crippen LogP) is 6.41. The van der Waals surface area contributed by atoms with Crippen LogP contribution >= 0.6 is 23.2 Å². The third-order valence-electron chi connectivity index (χ3n) is 6.53. The van der Waals surface area contributed by atoms with Crippen LogP contribution in [0.25, 0.3) is 6.08 Å². The molecule has 1 fully saturated rings. The van der Waals surface area contributed by atoms with Crippen LogP contribution < -0.4 is 15.6 Å². The Hall–Kier alpha value is -3.00. The normalized spacial score (nSPS) is 17.1. The van der Waals surface area contributed by atoms with Gasteiger partial charge in [-0.1, -0.05) is 35.3 Å². The number of carbonyl (C=O) groups excluding carboxylic acids is 1. The lowest BCUT2D eigenvalue weighted by Gasteiger charge is -2.31. The third kappa shape index (κ3) is 7.06. The quantitative estimate of drug-likeness (QED) is 0.299. The molecule has 2 N–H and O–H groups in total. The number of amides is 2. The number of halogens is 2. The fraction of sp³-hybridized carbons (Fsp3) is 0.357. The molecule has 2 aromatic rings. The number of rotatable bonds is 8. The first kappa shape index (κ1) is 27.0. The molecule has 0 saturated carbocycles. The van der Waals surface area contributed by atoms with Crippen LogP contribution in [0.5, 0.6) is 0 Å². The molecule has 37 heavy (non-hydrogen) atoms. The van der Waals surface area contributed by atoms with Crippen LogP contribution in [0.3, 0.4) is 0 Å². The predicted molar refractivity (Wildman–Crippen MR) is 154 cm³/mol. The van der Waals surface area contributed by atoms with Crippen molar-refractivity contribution in [1.29, 1.82) is 0 Å². The van der Waals surface area contributed by atoms with Crippen LogP contribution in [0.2, 0.25) is 10.0 Å². The van der Waals surface area contributed by atoms with Crippen LogP contribution in [-0.4, -0.2) is 56.5 Å². The maximum absolute atomic E-state index is 12.3. The van der Waals surface area contributed by atoms with Crippen LogP contribution in [0.15, 0.2) is 64.4 Å². The summed E-state index contributed by atoms with van der Waals surface area (Å²) in [4.78, 5) is 17.0. The summed E-state index contributed by atoms with van der Waals surface area (Å²) in [6.45, 7) is 9.38. The molecule has 196 valence electrons. The maximum atomic E-state index is 12.3. The number of nitrogens with zero attached hydrogens (tertiary/aromatic N) is 3. The fourth-order valence-electron chi connectivity index (χ4n) is 4.64. The van der Waals surface area contributed by atoms with Crippen LogP contribution in [-0.2, 0) is 4.74 Å². The number of hydrogen-bond donors (Lipinski definition) is 2. The number of anilines is 2. The van der Waals surface area contributed by atoms with Gasteiger partial charge in [-0.25, -0.2) is 10.2 Å². The average molecular weight is 543 g/mol. The molecule has 0 bridgehead atoms. The Morgan fingerprint density at radius 3 is 2.46 bits per heavy atom. The molecule has 0 unspecified atom stereocenters. The molecule has 7 nitrogen and oxygen atoms in total. The number of nitrogens with one attached hydrogen (secondary N) is 2. The summed E-state index contributed by atoms with van der Waals surface area (Å²) in [5.74, 6) is 0. The van der Waals surface area contributed by atoms with Crippen molar-refractivity contribution < 1.29 is 9.53 Å². The molecule has 2 aromatic carbocycles. The van der Waals surface area contributed by atoms with Gasteiger partial charge in [-0.2, -0.15) is 5.10 Å². The smallest absolute Gasteiger partial charge is 0.339 e. The summed E-state index contributed by atoms with van der Waals surface area (Å²) in [5, 5.41) is 7.74. The molecular weight excluding hydrogens is 509 g/mol. The van der Waals surface area contributed by atoms with E-state index in [-0.39, 0.29) is 0 Å². The van der Waals surface area contributed by atoms with E-state index in [1.807, 2.05) is 0 Å². The second kappa shape index (κ2) is 13.0. The highest BCUT2D eigenvalue weighted by Crippen LogP contribution is 2.35. The molecular formula is C28H33Cl2N5O2. The highest BCUT2D eigenvalue weighted by Gasteiger charge is 2.25. The van der Waals surface area contributed by atoms with Crippen molar-refractivity contribution in [3.63, 3.8) is 0 Å². The minimum atomic E-state index is -0.454. The van der Waals surface area contributed by atoms with Crippen molar-refractivity contribution in [1.82, 2.24) is 10.3 Å². The standard InChI is InChI=1S/C28H33Cl2N5O2/c1-3-34(4-2)24-10-5-20(6-11-24)17-21-7-8-22(27(21)35-13-15-37-16-14-35)19-31-33-28(36)32-23-9-12-25(29)26(30)18-23/h5-6,9-12,17-19H,3-4,7-8,13-16H2,1-2H3,(H2,32,33,36). The van der Waals surface area contributed by atoms with Gasteiger partial charge in [0.05, 0.1) is 29.5 Å². The Kier molecular flexibility index (Phi) is 9.50. The zero-order valence-corrected chi connectivity index (χ0v) is 22.8. The number of morpholine rings is 1. The number of allylic oxidation sites excluding steroid dienone is 2. The zero-order valence-electron chi connectivity index (χ0n) is 21.3. The SMILES string of the molecule is CCN(CC)c1ccc(C=C2CCC(C=NNC(=O)Nc3ccc(Cl)c(Cl)c3)=C2N2CCOCC2)cc1. The molecule has 1 aliphatic carbocycles. The molecule has 0 radical (unpaired) electrons. The average Bonchev–Trinajstić information content (AvgIpc) is 3.30. The van der Waals surface area contributed by atoms with E-state index in [0.29, 0.717) is 28.9 Å². The lowest BCUT2D eigenvalue weighted by molar-refractivity contribution is 0.0548. The van der Waals surface area contributed by atoms with E-state index in [2.05, 4.69) is 69.8 Å². The van der Waals surface area contributed by atoms with Gasteiger partial charge in [0.25, 0.3) is 0 Å². The molecule has 4 rings (SSSR count). The minimum Gasteiger partial charge on any atom is -0.378 e. The molecule has 1 saturated heterocycles. The summed E-state index contributed by atoms with van der Waals surface area (Å²) >= 11 is 12.0. The first-order valence-corrected chi connectivity index (χ1v) is 13.4. The minimum absolute atomic E-state index is 0.372.